The summed E-state index contributed by atoms with van der Waals surface area (Å²) < 4.78 is 41.3. The third-order valence-electron chi connectivity index (χ3n) is 4.46. The van der Waals surface area contributed by atoms with Gasteiger partial charge in [-0.15, -0.1) is 10.2 Å². The third kappa shape index (κ3) is 3.58. The van der Waals surface area contributed by atoms with Crippen LogP contribution in [0.25, 0.3) is 5.65 Å². The lowest BCUT2D eigenvalue weighted by Gasteiger charge is -2.11. The van der Waals surface area contributed by atoms with Crippen LogP contribution in [-0.2, 0) is 6.18 Å². The zero-order chi connectivity index (χ0) is 21.8. The maximum Gasteiger partial charge on any atom is 0.417 e. The molecule has 3 aromatic heterocycles. The molecule has 4 rings (SSSR count). The second-order valence-corrected chi connectivity index (χ2v) is 7.93. The molecule has 30 heavy (non-hydrogen) atoms. The maximum atomic E-state index is 13.0. The number of nitrogens with zero attached hydrogens (tertiary/aromatic N) is 4. The molecule has 3 heterocycles. The number of ketones is 1. The Labute approximate surface area is 174 Å². The van der Waals surface area contributed by atoms with Gasteiger partial charge in [0, 0.05) is 12.2 Å². The van der Waals surface area contributed by atoms with Crippen LogP contribution >= 0.6 is 23.4 Å². The summed E-state index contributed by atoms with van der Waals surface area (Å²) in [6, 6.07) is 0.559. The van der Waals surface area contributed by atoms with Crippen molar-refractivity contribution in [1.29, 1.82) is 0 Å². The van der Waals surface area contributed by atoms with Gasteiger partial charge in [0.2, 0.25) is 0 Å². The number of carbonyl (C=O) groups is 1. The van der Waals surface area contributed by atoms with E-state index in [0.717, 1.165) is 28.4 Å². The summed E-state index contributed by atoms with van der Waals surface area (Å²) in [7, 11) is 0. The van der Waals surface area contributed by atoms with Crippen LogP contribution in [0.15, 0.2) is 27.0 Å². The Morgan fingerprint density at radius 2 is 2.03 bits per heavy atom. The van der Waals surface area contributed by atoms with Gasteiger partial charge in [0.25, 0.3) is 5.56 Å². The zero-order valence-corrected chi connectivity index (χ0v) is 16.4. The van der Waals surface area contributed by atoms with Crippen LogP contribution in [0, 0.1) is 0 Å². The molecule has 1 saturated carbocycles. The number of thioether (sulfide) groups is 1. The van der Waals surface area contributed by atoms with E-state index in [1.165, 1.54) is 4.57 Å². The van der Waals surface area contributed by atoms with Gasteiger partial charge >= 0.3 is 11.9 Å². The molecule has 0 saturated heterocycles. The first-order chi connectivity index (χ1) is 14.1. The van der Waals surface area contributed by atoms with Crippen LogP contribution in [0.4, 0.5) is 19.0 Å². The molecule has 1 fully saturated rings. The van der Waals surface area contributed by atoms with E-state index in [-0.39, 0.29) is 39.0 Å². The lowest BCUT2D eigenvalue weighted by molar-refractivity contribution is -0.137. The summed E-state index contributed by atoms with van der Waals surface area (Å²) in [5.74, 6) is -1.31. The van der Waals surface area contributed by atoms with E-state index in [2.05, 4.69) is 15.2 Å². The largest absolute Gasteiger partial charge is 0.417 e. The number of hydrogen-bond acceptors (Lipinski definition) is 7. The van der Waals surface area contributed by atoms with Gasteiger partial charge in [-0.2, -0.15) is 13.2 Å². The smallest absolute Gasteiger partial charge is 0.384 e. The number of nitrogens with two attached hydrogens (primary N) is 1. The fourth-order valence-corrected chi connectivity index (χ4v) is 3.95. The highest BCUT2D eigenvalue weighted by atomic mass is 35.5. The number of Topliss-reactive ketones (excluding diaryl/α,β-unsaturated/α-hetero) is 1. The predicted octanol–water partition coefficient (Wildman–Crippen LogP) is 2.14. The van der Waals surface area contributed by atoms with E-state index in [1.54, 1.807) is 0 Å². The van der Waals surface area contributed by atoms with Crippen molar-refractivity contribution in [1.82, 2.24) is 24.1 Å². The number of nitrogen functional groups attached to an aromatic ring is 1. The summed E-state index contributed by atoms with van der Waals surface area (Å²) in [5, 5.41) is 7.20. The van der Waals surface area contributed by atoms with Crippen molar-refractivity contribution < 1.29 is 18.0 Å². The first kappa shape index (κ1) is 20.5. The predicted molar refractivity (Wildman–Crippen MR) is 102 cm³/mol. The first-order valence-corrected chi connectivity index (χ1v) is 9.86. The van der Waals surface area contributed by atoms with Crippen molar-refractivity contribution in [3.05, 3.63) is 49.3 Å². The number of halogens is 4. The van der Waals surface area contributed by atoms with E-state index in [9.17, 15) is 27.6 Å². The van der Waals surface area contributed by atoms with Crippen LogP contribution in [0.1, 0.15) is 34.8 Å². The average molecular weight is 461 g/mol. The fourth-order valence-electron chi connectivity index (χ4n) is 2.92. The van der Waals surface area contributed by atoms with E-state index in [1.807, 2.05) is 0 Å². The van der Waals surface area contributed by atoms with Crippen molar-refractivity contribution >= 4 is 40.6 Å². The van der Waals surface area contributed by atoms with E-state index in [4.69, 9.17) is 17.3 Å². The quantitative estimate of drug-likeness (QED) is 0.441. The van der Waals surface area contributed by atoms with Gasteiger partial charge in [-0.1, -0.05) is 23.4 Å². The number of anilines is 1. The third-order valence-corrected chi connectivity index (χ3v) is 5.68. The molecule has 0 radical (unpaired) electrons. The summed E-state index contributed by atoms with van der Waals surface area (Å²) in [4.78, 5) is 38.7. The van der Waals surface area contributed by atoms with Crippen LogP contribution < -0.4 is 17.0 Å². The topological polar surface area (TPSA) is 128 Å². The molecule has 1 aliphatic rings. The molecular formula is C16H12ClF3N6O3S. The minimum absolute atomic E-state index is 0.0146. The van der Waals surface area contributed by atoms with Gasteiger partial charge in [0.05, 0.1) is 16.3 Å². The molecule has 0 spiro atoms. The number of alkyl halides is 3. The monoisotopic (exact) mass is 460 g/mol. The average Bonchev–Trinajstić information content (AvgIpc) is 3.37. The molecule has 3 N–H and O–H groups in total. The molecule has 9 nitrogen and oxygen atoms in total. The highest BCUT2D eigenvalue weighted by Crippen LogP contribution is 2.36. The number of carbonyl (C=O) groups excluding carboxylic acids is 1. The molecule has 0 atom stereocenters. The molecule has 14 heteroatoms. The number of nitrogens with one attached hydrogen (secondary N) is 1. The Morgan fingerprint density at radius 3 is 2.67 bits per heavy atom. The van der Waals surface area contributed by atoms with E-state index in [0.29, 0.717) is 12.8 Å². The molecule has 1 aliphatic carbocycles. The summed E-state index contributed by atoms with van der Waals surface area (Å²) in [6.07, 6.45) is -2.47. The van der Waals surface area contributed by atoms with Crippen molar-refractivity contribution in [3.63, 3.8) is 0 Å². The lowest BCUT2D eigenvalue weighted by atomic mass is 10.2. The Hall–Kier alpha value is -2.80. The van der Waals surface area contributed by atoms with Gasteiger partial charge in [-0.25, -0.2) is 4.79 Å². The number of rotatable bonds is 5. The van der Waals surface area contributed by atoms with Crippen molar-refractivity contribution in [3.8, 4) is 0 Å². The number of aromatic nitrogens is 5. The Morgan fingerprint density at radius 1 is 1.33 bits per heavy atom. The SMILES string of the molecule is Nc1c(C(=O)CSc2nnc3c(Cl)cc(C(F)(F)F)cn23)c(=O)[nH]c(=O)n1C1CC1. The van der Waals surface area contributed by atoms with Gasteiger partial charge < -0.3 is 5.73 Å². The van der Waals surface area contributed by atoms with Crippen molar-refractivity contribution in [2.75, 3.05) is 11.5 Å². The van der Waals surface area contributed by atoms with E-state index >= 15 is 0 Å². The Balaban J connectivity index is 1.65. The summed E-state index contributed by atoms with van der Waals surface area (Å²) in [6.45, 7) is 0. The molecule has 0 aromatic carbocycles. The lowest BCUT2D eigenvalue weighted by Crippen LogP contribution is -2.36. The number of hydrogen-bond donors (Lipinski definition) is 2. The number of fused-ring (bicyclic) bond motifs is 1. The number of pyridine rings is 1. The Bertz CT molecular complexity index is 1290. The summed E-state index contributed by atoms with van der Waals surface area (Å²) >= 11 is 6.61. The van der Waals surface area contributed by atoms with Crippen molar-refractivity contribution in [2.24, 2.45) is 0 Å². The van der Waals surface area contributed by atoms with Gasteiger partial charge in [0.1, 0.15) is 11.4 Å². The standard InChI is InChI=1S/C16H12ClF3N6O3S/c17-8-3-6(16(18,19)20)4-25-12(8)23-24-15(25)30-5-9(27)10-11(21)26(7-1-2-7)14(29)22-13(10)28/h3-4,7H,1-2,5,21H2,(H,22,28,29). The molecule has 0 unspecified atom stereocenters. The maximum absolute atomic E-state index is 13.0. The molecular weight excluding hydrogens is 449 g/mol. The summed E-state index contributed by atoms with van der Waals surface area (Å²) in [5.41, 5.74) is 2.87. The van der Waals surface area contributed by atoms with Crippen LogP contribution in [-0.4, -0.2) is 35.7 Å². The van der Waals surface area contributed by atoms with Gasteiger partial charge in [0.15, 0.2) is 16.6 Å². The van der Waals surface area contributed by atoms with Crippen LogP contribution in [0.2, 0.25) is 5.02 Å². The molecule has 3 aromatic rings. The Kier molecular flexibility index (Phi) is 4.89. The fraction of sp³-hybridized carbons (Fsp3) is 0.312. The second-order valence-electron chi connectivity index (χ2n) is 6.58. The molecule has 0 aliphatic heterocycles. The van der Waals surface area contributed by atoms with Gasteiger partial charge in [-0.05, 0) is 18.9 Å². The van der Waals surface area contributed by atoms with Crippen molar-refractivity contribution in [2.45, 2.75) is 30.2 Å². The minimum atomic E-state index is -4.64. The normalized spacial score (nSPS) is 14.4. The molecule has 0 amide bonds. The number of H-pyrrole nitrogens is 1. The van der Waals surface area contributed by atoms with Gasteiger partial charge in [-0.3, -0.25) is 23.5 Å². The zero-order valence-electron chi connectivity index (χ0n) is 14.9. The first-order valence-electron chi connectivity index (χ1n) is 8.49. The minimum Gasteiger partial charge on any atom is -0.384 e. The molecule has 158 valence electrons. The highest BCUT2D eigenvalue weighted by Gasteiger charge is 2.33. The highest BCUT2D eigenvalue weighted by molar-refractivity contribution is 7.99. The molecule has 0 bridgehead atoms. The van der Waals surface area contributed by atoms with Crippen LogP contribution in [0.5, 0.6) is 0 Å². The second kappa shape index (κ2) is 7.16. The van der Waals surface area contributed by atoms with E-state index < -0.39 is 28.8 Å². The van der Waals surface area contributed by atoms with Crippen LogP contribution in [0.3, 0.4) is 0 Å². The number of aromatic amines is 1.